The highest BCUT2D eigenvalue weighted by molar-refractivity contribution is 8.01. The molecule has 8 nitrogen and oxygen atoms in total. The lowest BCUT2D eigenvalue weighted by atomic mass is 10.1. The van der Waals surface area contributed by atoms with E-state index in [1.165, 1.54) is 29.9 Å². The molecule has 2 aromatic rings. The van der Waals surface area contributed by atoms with Gasteiger partial charge in [0.15, 0.2) is 0 Å². The first-order chi connectivity index (χ1) is 15.6. The summed E-state index contributed by atoms with van der Waals surface area (Å²) in [6.07, 6.45) is 6.02. The van der Waals surface area contributed by atoms with Crippen LogP contribution in [0.5, 0.6) is 0 Å². The van der Waals surface area contributed by atoms with Gasteiger partial charge in [-0.15, -0.1) is 16.9 Å². The summed E-state index contributed by atoms with van der Waals surface area (Å²) in [6, 6.07) is 5.94. The van der Waals surface area contributed by atoms with Crippen molar-refractivity contribution in [1.82, 2.24) is 14.3 Å². The molecule has 2 N–H and O–H groups in total. The lowest BCUT2D eigenvalue weighted by Crippen LogP contribution is -2.41. The monoisotopic (exact) mass is 476 g/mol. The number of benzene rings is 1. The zero-order valence-electron chi connectivity index (χ0n) is 20.3. The van der Waals surface area contributed by atoms with Gasteiger partial charge in [0.2, 0.25) is 5.82 Å². The minimum absolute atomic E-state index is 0.178. The van der Waals surface area contributed by atoms with E-state index in [2.05, 4.69) is 17.3 Å². The topological polar surface area (TPSA) is 106 Å². The van der Waals surface area contributed by atoms with Crippen LogP contribution in [0.1, 0.15) is 64.0 Å². The molecule has 1 aromatic carbocycles. The molecular weight excluding hydrogens is 440 g/mol. The highest BCUT2D eigenvalue weighted by atomic mass is 32.2. The molecule has 0 saturated carbocycles. The number of carboxylic acid groups (broad SMARTS) is 1. The maximum Gasteiger partial charge on any atom is 0.347 e. The van der Waals surface area contributed by atoms with Gasteiger partial charge >= 0.3 is 11.7 Å². The number of nitrogens with zero attached hydrogens (tertiary/aromatic N) is 3. The molecule has 0 aliphatic carbocycles. The average molecular weight is 477 g/mol. The number of aliphatic carboxylic acids is 1. The Bertz CT molecular complexity index is 1080. The quantitative estimate of drug-likeness (QED) is 0.334. The molecule has 0 spiro atoms. The summed E-state index contributed by atoms with van der Waals surface area (Å²) in [5, 5.41) is 16.7. The molecule has 0 unspecified atom stereocenters. The number of aromatic nitrogens is 3. The van der Waals surface area contributed by atoms with E-state index < -0.39 is 22.0 Å². The number of hydrogen-bond acceptors (Lipinski definition) is 6. The molecule has 0 fully saturated rings. The molecule has 9 heteroatoms. The zero-order chi connectivity index (χ0) is 24.6. The highest BCUT2D eigenvalue weighted by Crippen LogP contribution is 2.35. The predicted octanol–water partition coefficient (Wildman–Crippen LogP) is 3.83. The van der Waals surface area contributed by atoms with Crippen LogP contribution < -0.4 is 16.6 Å². The first-order valence-electron chi connectivity index (χ1n) is 11.5. The molecule has 0 radical (unpaired) electrons. The number of carboxylic acids is 1. The van der Waals surface area contributed by atoms with E-state index in [1.54, 1.807) is 13.8 Å². The summed E-state index contributed by atoms with van der Waals surface area (Å²) in [7, 11) is 1.48. The summed E-state index contributed by atoms with van der Waals surface area (Å²) in [4.78, 5) is 37.1. The standard InChI is InChI=1S/C24H36N4O4S/c1-6-7-8-9-10-15-28-23(32)27(5)21(29)20(26-28)25-14-13-18-11-12-19(17(2)16-18)33-24(3,4)22(30)31/h11-12,16H,6-10,13-15H2,1-5H3,(H,25,26)(H,30,31). The van der Waals surface area contributed by atoms with Crippen LogP contribution in [0, 0.1) is 6.92 Å². The van der Waals surface area contributed by atoms with Crippen LogP contribution in [0.25, 0.3) is 0 Å². The van der Waals surface area contributed by atoms with Gasteiger partial charge < -0.3 is 10.4 Å². The Balaban J connectivity index is 2.02. The van der Waals surface area contributed by atoms with Crippen LogP contribution in [0.4, 0.5) is 5.82 Å². The molecule has 2 rings (SSSR count). The van der Waals surface area contributed by atoms with Crippen LogP contribution in [0.15, 0.2) is 32.7 Å². The van der Waals surface area contributed by atoms with Crippen molar-refractivity contribution in [2.75, 3.05) is 11.9 Å². The number of aryl methyl sites for hydroxylation is 2. The Morgan fingerprint density at radius 1 is 1.18 bits per heavy atom. The van der Waals surface area contributed by atoms with E-state index in [0.717, 1.165) is 46.3 Å². The number of thioether (sulfide) groups is 1. The number of nitrogens with one attached hydrogen (secondary N) is 1. The summed E-state index contributed by atoms with van der Waals surface area (Å²) < 4.78 is 1.57. The number of unbranched alkanes of at least 4 members (excludes halogenated alkanes) is 4. The van der Waals surface area contributed by atoms with Crippen molar-refractivity contribution >= 4 is 23.5 Å². The van der Waals surface area contributed by atoms with Crippen molar-refractivity contribution in [1.29, 1.82) is 0 Å². The van der Waals surface area contributed by atoms with E-state index in [-0.39, 0.29) is 5.82 Å². The second kappa shape index (κ2) is 12.1. The maximum absolute atomic E-state index is 12.5. The second-order valence-electron chi connectivity index (χ2n) is 8.83. The lowest BCUT2D eigenvalue weighted by molar-refractivity contribution is -0.138. The summed E-state index contributed by atoms with van der Waals surface area (Å²) in [5.74, 6) is -0.672. The number of carbonyl (C=O) groups is 1. The lowest BCUT2D eigenvalue weighted by Gasteiger charge is -2.20. The third kappa shape index (κ3) is 7.48. The van der Waals surface area contributed by atoms with Crippen molar-refractivity contribution in [3.63, 3.8) is 0 Å². The molecule has 0 aliphatic heterocycles. The molecule has 0 atom stereocenters. The van der Waals surface area contributed by atoms with Crippen molar-refractivity contribution in [3.05, 3.63) is 50.2 Å². The molecular formula is C24H36N4O4S. The molecule has 0 bridgehead atoms. The van der Waals surface area contributed by atoms with Gasteiger partial charge in [-0.05, 0) is 50.8 Å². The van der Waals surface area contributed by atoms with Gasteiger partial charge in [-0.25, -0.2) is 9.48 Å². The van der Waals surface area contributed by atoms with E-state index in [1.807, 2.05) is 25.1 Å². The van der Waals surface area contributed by atoms with Crippen LogP contribution in [0.3, 0.4) is 0 Å². The second-order valence-corrected chi connectivity index (χ2v) is 10.5. The molecule has 1 aromatic heterocycles. The van der Waals surface area contributed by atoms with E-state index in [9.17, 15) is 19.5 Å². The van der Waals surface area contributed by atoms with Crippen LogP contribution >= 0.6 is 11.8 Å². The largest absolute Gasteiger partial charge is 0.480 e. The fraction of sp³-hybridized carbons (Fsp3) is 0.583. The fourth-order valence-electron chi connectivity index (χ4n) is 3.37. The van der Waals surface area contributed by atoms with Gasteiger partial charge in [0.1, 0.15) is 4.75 Å². The third-order valence-electron chi connectivity index (χ3n) is 5.53. The van der Waals surface area contributed by atoms with Gasteiger partial charge in [0.25, 0.3) is 5.56 Å². The minimum atomic E-state index is -0.904. The van der Waals surface area contributed by atoms with Gasteiger partial charge in [0.05, 0.1) is 0 Å². The van der Waals surface area contributed by atoms with Crippen LogP contribution in [-0.4, -0.2) is 36.7 Å². The van der Waals surface area contributed by atoms with Crippen molar-refractivity contribution < 1.29 is 9.90 Å². The predicted molar refractivity (Wildman–Crippen MR) is 133 cm³/mol. The van der Waals surface area contributed by atoms with Crippen molar-refractivity contribution in [2.45, 2.75) is 82.4 Å². The normalized spacial score (nSPS) is 11.5. The Morgan fingerprint density at radius 2 is 1.88 bits per heavy atom. The number of rotatable bonds is 13. The Kier molecular flexibility index (Phi) is 9.76. The Hall–Kier alpha value is -2.55. The minimum Gasteiger partial charge on any atom is -0.480 e. The van der Waals surface area contributed by atoms with Crippen LogP contribution in [-0.2, 0) is 24.8 Å². The molecule has 33 heavy (non-hydrogen) atoms. The van der Waals surface area contributed by atoms with Gasteiger partial charge in [-0.2, -0.15) is 0 Å². The first kappa shape index (κ1) is 26.7. The Labute approximate surface area is 199 Å². The van der Waals surface area contributed by atoms with Crippen molar-refractivity contribution in [3.8, 4) is 0 Å². The zero-order valence-corrected chi connectivity index (χ0v) is 21.1. The fourth-order valence-corrected chi connectivity index (χ4v) is 4.37. The molecule has 0 aliphatic rings. The third-order valence-corrected chi connectivity index (χ3v) is 6.90. The SMILES string of the molecule is CCCCCCCn1nc(NCCc2ccc(SC(C)(C)C(=O)O)c(C)c2)c(=O)n(C)c1=O. The van der Waals surface area contributed by atoms with E-state index >= 15 is 0 Å². The number of anilines is 1. The van der Waals surface area contributed by atoms with Crippen molar-refractivity contribution in [2.24, 2.45) is 7.05 Å². The van der Waals surface area contributed by atoms with Crippen LogP contribution in [0.2, 0.25) is 0 Å². The van der Waals surface area contributed by atoms with Gasteiger partial charge in [-0.3, -0.25) is 14.2 Å². The smallest absolute Gasteiger partial charge is 0.347 e. The summed E-state index contributed by atoms with van der Waals surface area (Å²) in [5.41, 5.74) is 1.26. The summed E-state index contributed by atoms with van der Waals surface area (Å²) in [6.45, 7) is 8.49. The first-order valence-corrected chi connectivity index (χ1v) is 12.3. The maximum atomic E-state index is 12.5. The number of hydrogen-bond donors (Lipinski definition) is 2. The average Bonchev–Trinajstić information content (AvgIpc) is 2.76. The Morgan fingerprint density at radius 3 is 2.52 bits per heavy atom. The van der Waals surface area contributed by atoms with Gasteiger partial charge in [-0.1, -0.05) is 44.7 Å². The van der Waals surface area contributed by atoms with E-state index in [0.29, 0.717) is 19.5 Å². The highest BCUT2D eigenvalue weighted by Gasteiger charge is 2.29. The molecule has 0 saturated heterocycles. The van der Waals surface area contributed by atoms with Gasteiger partial charge in [0, 0.05) is 25.0 Å². The summed E-state index contributed by atoms with van der Waals surface area (Å²) >= 11 is 1.33. The molecule has 1 heterocycles. The molecule has 182 valence electrons. The molecule has 0 amide bonds. The van der Waals surface area contributed by atoms with E-state index in [4.69, 9.17) is 0 Å².